The Hall–Kier alpha value is -2.70. The van der Waals surface area contributed by atoms with E-state index >= 15 is 0 Å². The molecule has 0 saturated carbocycles. The second-order valence-electron chi connectivity index (χ2n) is 4.06. The topological polar surface area (TPSA) is 119 Å². The number of phenols is 2. The number of carbonyl (C=O) groups excluding carboxylic acids is 1. The van der Waals surface area contributed by atoms with Crippen molar-refractivity contribution < 1.29 is 24.9 Å². The Morgan fingerprint density at radius 1 is 1.30 bits per heavy atom. The Bertz CT molecular complexity index is 515. The highest BCUT2D eigenvalue weighted by Gasteiger charge is 2.20. The SMILES string of the molecule is C=CCNC(=O)NC(Cc1ccc(O)c(O)c1)C(=O)O. The average Bonchev–Trinajstić information content (AvgIpc) is 2.39. The van der Waals surface area contributed by atoms with Crippen molar-refractivity contribution in [3.63, 3.8) is 0 Å². The molecule has 1 aromatic carbocycles. The standard InChI is InChI=1S/C13H16N2O5/c1-2-5-14-13(20)15-9(12(18)19)6-8-3-4-10(16)11(17)7-8/h2-4,7,9,16-17H,1,5-6H2,(H,18,19)(H2,14,15,20). The van der Waals surface area contributed by atoms with Crippen LogP contribution in [0.1, 0.15) is 5.56 Å². The molecule has 0 aromatic heterocycles. The molecule has 0 aliphatic rings. The maximum absolute atomic E-state index is 11.4. The Balaban J connectivity index is 2.71. The highest BCUT2D eigenvalue weighted by Crippen LogP contribution is 2.25. The van der Waals surface area contributed by atoms with Gasteiger partial charge in [-0.25, -0.2) is 9.59 Å². The molecule has 0 bridgehead atoms. The molecule has 1 unspecified atom stereocenters. The molecule has 2 amide bonds. The fourth-order valence-corrected chi connectivity index (χ4v) is 1.51. The first-order valence-corrected chi connectivity index (χ1v) is 5.83. The lowest BCUT2D eigenvalue weighted by molar-refractivity contribution is -0.139. The zero-order valence-corrected chi connectivity index (χ0v) is 10.7. The molecule has 1 atom stereocenters. The van der Waals surface area contributed by atoms with Crippen molar-refractivity contribution in [2.24, 2.45) is 0 Å². The number of hydrogen-bond donors (Lipinski definition) is 5. The van der Waals surface area contributed by atoms with E-state index in [4.69, 9.17) is 5.11 Å². The van der Waals surface area contributed by atoms with E-state index in [9.17, 15) is 19.8 Å². The Kier molecular flexibility index (Phi) is 5.40. The van der Waals surface area contributed by atoms with Crippen molar-refractivity contribution in [2.75, 3.05) is 6.54 Å². The van der Waals surface area contributed by atoms with Gasteiger partial charge in [-0.05, 0) is 17.7 Å². The van der Waals surface area contributed by atoms with E-state index in [0.29, 0.717) is 5.56 Å². The summed E-state index contributed by atoms with van der Waals surface area (Å²) in [4.78, 5) is 22.5. The van der Waals surface area contributed by atoms with Gasteiger partial charge in [0.25, 0.3) is 0 Å². The summed E-state index contributed by atoms with van der Waals surface area (Å²) in [6.45, 7) is 3.64. The normalized spacial score (nSPS) is 11.4. The number of hydrogen-bond acceptors (Lipinski definition) is 4. The van der Waals surface area contributed by atoms with Crippen molar-refractivity contribution in [2.45, 2.75) is 12.5 Å². The molecule has 7 heteroatoms. The number of aliphatic carboxylic acids is 1. The van der Waals surface area contributed by atoms with Gasteiger partial charge >= 0.3 is 12.0 Å². The van der Waals surface area contributed by atoms with Crippen LogP contribution in [0.5, 0.6) is 11.5 Å². The number of phenolic OH excluding ortho intramolecular Hbond substituents is 2. The van der Waals surface area contributed by atoms with Crippen LogP contribution in [-0.2, 0) is 11.2 Å². The molecule has 0 aliphatic heterocycles. The molecule has 0 aliphatic carbocycles. The zero-order valence-electron chi connectivity index (χ0n) is 10.7. The van der Waals surface area contributed by atoms with Gasteiger partial charge in [-0.1, -0.05) is 12.1 Å². The first-order valence-electron chi connectivity index (χ1n) is 5.83. The van der Waals surface area contributed by atoms with Crippen molar-refractivity contribution in [3.8, 4) is 11.5 Å². The number of carboxylic acid groups (broad SMARTS) is 1. The fraction of sp³-hybridized carbons (Fsp3) is 0.231. The van der Waals surface area contributed by atoms with E-state index in [1.807, 2.05) is 0 Å². The quantitative estimate of drug-likeness (QED) is 0.386. The van der Waals surface area contributed by atoms with Gasteiger partial charge in [-0.15, -0.1) is 6.58 Å². The molecule has 0 saturated heterocycles. The molecule has 1 rings (SSSR count). The summed E-state index contributed by atoms with van der Waals surface area (Å²) in [5, 5.41) is 32.3. The summed E-state index contributed by atoms with van der Waals surface area (Å²) >= 11 is 0. The van der Waals surface area contributed by atoms with Crippen LogP contribution in [0.25, 0.3) is 0 Å². The Morgan fingerprint density at radius 2 is 2.00 bits per heavy atom. The van der Waals surface area contributed by atoms with Crippen LogP contribution >= 0.6 is 0 Å². The van der Waals surface area contributed by atoms with Crippen molar-refractivity contribution in [1.82, 2.24) is 10.6 Å². The van der Waals surface area contributed by atoms with Gasteiger partial charge < -0.3 is 26.0 Å². The number of aromatic hydroxyl groups is 2. The van der Waals surface area contributed by atoms with Crippen molar-refractivity contribution in [3.05, 3.63) is 36.4 Å². The number of rotatable bonds is 6. The molecular formula is C13H16N2O5. The highest BCUT2D eigenvalue weighted by molar-refractivity contribution is 5.82. The van der Waals surface area contributed by atoms with Gasteiger partial charge in [0.2, 0.25) is 0 Å². The highest BCUT2D eigenvalue weighted by atomic mass is 16.4. The first kappa shape index (κ1) is 15.4. The molecule has 0 fully saturated rings. The molecule has 0 radical (unpaired) electrons. The second-order valence-corrected chi connectivity index (χ2v) is 4.06. The minimum absolute atomic E-state index is 0.0231. The maximum Gasteiger partial charge on any atom is 0.326 e. The first-order chi connectivity index (χ1) is 9.43. The van der Waals surface area contributed by atoms with Crippen molar-refractivity contribution >= 4 is 12.0 Å². The summed E-state index contributed by atoms with van der Waals surface area (Å²) in [5.41, 5.74) is 0.469. The number of nitrogens with one attached hydrogen (secondary N) is 2. The van der Waals surface area contributed by atoms with Crippen LogP contribution in [0.2, 0.25) is 0 Å². The van der Waals surface area contributed by atoms with Gasteiger partial charge in [0.05, 0.1) is 0 Å². The minimum Gasteiger partial charge on any atom is -0.504 e. The van der Waals surface area contributed by atoms with Crippen molar-refractivity contribution in [1.29, 1.82) is 0 Å². The maximum atomic E-state index is 11.4. The Labute approximate surface area is 115 Å². The van der Waals surface area contributed by atoms with Gasteiger partial charge in [-0.2, -0.15) is 0 Å². The van der Waals surface area contributed by atoms with Gasteiger partial charge in [0.15, 0.2) is 11.5 Å². The van der Waals surface area contributed by atoms with Crippen LogP contribution in [0, 0.1) is 0 Å². The van der Waals surface area contributed by atoms with Crippen LogP contribution in [-0.4, -0.2) is 39.9 Å². The van der Waals surface area contributed by atoms with Gasteiger partial charge in [0.1, 0.15) is 6.04 Å². The predicted octanol–water partition coefficient (Wildman–Crippen LogP) is 0.579. The van der Waals surface area contributed by atoms with E-state index < -0.39 is 18.0 Å². The molecule has 0 heterocycles. The number of amides is 2. The van der Waals surface area contributed by atoms with E-state index in [-0.39, 0.29) is 24.5 Å². The monoisotopic (exact) mass is 280 g/mol. The summed E-state index contributed by atoms with van der Waals surface area (Å²) in [7, 11) is 0. The lowest BCUT2D eigenvalue weighted by atomic mass is 10.1. The summed E-state index contributed by atoms with van der Waals surface area (Å²) < 4.78 is 0. The number of carbonyl (C=O) groups is 2. The minimum atomic E-state index is -1.20. The lowest BCUT2D eigenvalue weighted by Gasteiger charge is -2.15. The molecule has 20 heavy (non-hydrogen) atoms. The largest absolute Gasteiger partial charge is 0.504 e. The lowest BCUT2D eigenvalue weighted by Crippen LogP contribution is -2.47. The number of benzene rings is 1. The van der Waals surface area contributed by atoms with E-state index in [2.05, 4.69) is 17.2 Å². The second kappa shape index (κ2) is 7.03. The third-order valence-corrected chi connectivity index (χ3v) is 2.49. The molecule has 5 N–H and O–H groups in total. The molecular weight excluding hydrogens is 264 g/mol. The smallest absolute Gasteiger partial charge is 0.326 e. The Morgan fingerprint density at radius 3 is 2.55 bits per heavy atom. The summed E-state index contributed by atoms with van der Waals surface area (Å²) in [6.07, 6.45) is 1.44. The number of carboxylic acids is 1. The van der Waals surface area contributed by atoms with E-state index in [1.165, 1.54) is 24.3 Å². The summed E-state index contributed by atoms with van der Waals surface area (Å²) in [5.74, 6) is -1.84. The van der Waals surface area contributed by atoms with Crippen LogP contribution in [0.3, 0.4) is 0 Å². The van der Waals surface area contributed by atoms with Gasteiger partial charge in [0, 0.05) is 13.0 Å². The predicted molar refractivity (Wildman–Crippen MR) is 71.6 cm³/mol. The zero-order chi connectivity index (χ0) is 15.1. The number of urea groups is 1. The molecule has 108 valence electrons. The van der Waals surface area contributed by atoms with Crippen LogP contribution in [0.4, 0.5) is 4.79 Å². The van der Waals surface area contributed by atoms with Gasteiger partial charge in [-0.3, -0.25) is 0 Å². The fourth-order valence-electron chi connectivity index (χ4n) is 1.51. The van der Waals surface area contributed by atoms with E-state index in [0.717, 1.165) is 0 Å². The molecule has 1 aromatic rings. The molecule has 7 nitrogen and oxygen atoms in total. The van der Waals surface area contributed by atoms with E-state index in [1.54, 1.807) is 0 Å². The van der Waals surface area contributed by atoms with Crippen LogP contribution < -0.4 is 10.6 Å². The molecule has 0 spiro atoms. The third kappa shape index (κ3) is 4.52. The average molecular weight is 280 g/mol. The third-order valence-electron chi connectivity index (χ3n) is 2.49. The van der Waals surface area contributed by atoms with Crippen LogP contribution in [0.15, 0.2) is 30.9 Å². The summed E-state index contributed by atoms with van der Waals surface area (Å²) in [6, 6.07) is 2.19.